The van der Waals surface area contributed by atoms with Crippen molar-refractivity contribution in [2.75, 3.05) is 38.4 Å². The molecule has 1 atom stereocenters. The van der Waals surface area contributed by atoms with E-state index in [9.17, 15) is 26.8 Å². The largest absolute Gasteiger partial charge is 0.455 e. The minimum absolute atomic E-state index is 0.00973. The van der Waals surface area contributed by atoms with Crippen LogP contribution in [0.2, 0.25) is 0 Å². The van der Waals surface area contributed by atoms with Crippen LogP contribution in [-0.2, 0) is 14.8 Å². The monoisotopic (exact) mass is 675 g/mol. The third-order valence-corrected chi connectivity index (χ3v) is 8.98. The number of hydrogen-bond donors (Lipinski definition) is 3. The molecule has 1 heterocycles. The van der Waals surface area contributed by atoms with Crippen LogP contribution in [0.4, 0.5) is 20.2 Å². The second kappa shape index (κ2) is 13.7. The summed E-state index contributed by atoms with van der Waals surface area (Å²) in [7, 11) is 0.417. The first-order valence-electron chi connectivity index (χ1n) is 14.5. The summed E-state index contributed by atoms with van der Waals surface area (Å²) >= 11 is 0. The molecule has 0 saturated carbocycles. The van der Waals surface area contributed by atoms with Crippen LogP contribution in [-0.4, -0.2) is 54.3 Å². The highest BCUT2D eigenvalue weighted by molar-refractivity contribution is 7.92. The molecule has 1 unspecified atom stereocenters. The van der Waals surface area contributed by atoms with Crippen molar-refractivity contribution in [1.82, 2.24) is 10.6 Å². The minimum Gasteiger partial charge on any atom is -0.455 e. The van der Waals surface area contributed by atoms with Crippen molar-refractivity contribution in [3.63, 3.8) is 0 Å². The maximum absolute atomic E-state index is 13.7. The third-order valence-electron chi connectivity index (χ3n) is 7.79. The van der Waals surface area contributed by atoms with Gasteiger partial charge in [0, 0.05) is 43.8 Å². The van der Waals surface area contributed by atoms with Crippen molar-refractivity contribution >= 4 is 44.2 Å². The van der Waals surface area contributed by atoms with Gasteiger partial charge in [0.1, 0.15) is 23.0 Å². The molecule has 0 spiro atoms. The molecule has 2 amide bonds. The molecule has 0 radical (unpaired) electrons. The van der Waals surface area contributed by atoms with E-state index in [4.69, 9.17) is 14.7 Å². The number of fused-ring (bicyclic) bond motifs is 1. The lowest BCUT2D eigenvalue weighted by atomic mass is 9.96. The molecule has 0 aliphatic heterocycles. The zero-order chi connectivity index (χ0) is 34.7. The van der Waals surface area contributed by atoms with Gasteiger partial charge >= 0.3 is 0 Å². The number of rotatable bonds is 11. The normalized spacial score (nSPS) is 12.0. The summed E-state index contributed by atoms with van der Waals surface area (Å²) in [5.74, 6) is -1.91. The Balaban J connectivity index is 1.70. The standard InChI is InChI=1S/C34H31F2N5O6S/c1-38-34(43)31-26-16-24(29(41(2)48(4,44)45)17-30(26)47-32(31)20-7-12-23(36)13-8-20)21-9-14-27(40-37)25(15-21)33(42)39-28(18-46-3)19-5-10-22(35)11-6-19/h5-17,28,37H,18H2,1-4H3,(H,38,43)(H,39,42). The predicted molar refractivity (Wildman–Crippen MR) is 177 cm³/mol. The molecular formula is C34H31F2N5O6S. The smallest absolute Gasteiger partial charge is 0.255 e. The van der Waals surface area contributed by atoms with Crippen molar-refractivity contribution in [2.45, 2.75) is 6.04 Å². The maximum Gasteiger partial charge on any atom is 0.255 e. The number of methoxy groups -OCH3 is 1. The fraction of sp³-hybridized carbons (Fsp3) is 0.176. The molecule has 0 fully saturated rings. The van der Waals surface area contributed by atoms with Gasteiger partial charge in [-0.1, -0.05) is 18.2 Å². The van der Waals surface area contributed by atoms with Gasteiger partial charge in [-0.05, 0) is 65.7 Å². The molecular weight excluding hydrogens is 644 g/mol. The van der Waals surface area contributed by atoms with Gasteiger partial charge in [-0.2, -0.15) is 5.11 Å². The molecule has 248 valence electrons. The van der Waals surface area contributed by atoms with E-state index in [-0.39, 0.29) is 40.5 Å². The van der Waals surface area contributed by atoms with Crippen molar-refractivity contribution in [3.05, 3.63) is 107 Å². The molecule has 4 aromatic carbocycles. The van der Waals surface area contributed by atoms with Crippen LogP contribution in [0.1, 0.15) is 32.3 Å². The van der Waals surface area contributed by atoms with E-state index >= 15 is 0 Å². The number of hydrogen-bond acceptors (Lipinski definition) is 8. The number of nitrogens with one attached hydrogen (secondary N) is 3. The van der Waals surface area contributed by atoms with Crippen LogP contribution in [0.5, 0.6) is 0 Å². The topological polar surface area (TPSA) is 154 Å². The highest BCUT2D eigenvalue weighted by Gasteiger charge is 2.27. The van der Waals surface area contributed by atoms with Crippen molar-refractivity contribution < 1.29 is 35.9 Å². The van der Waals surface area contributed by atoms with Gasteiger partial charge in [0.15, 0.2) is 0 Å². The van der Waals surface area contributed by atoms with Crippen LogP contribution in [0.15, 0.2) is 88.4 Å². The lowest BCUT2D eigenvalue weighted by Gasteiger charge is -2.22. The van der Waals surface area contributed by atoms with E-state index in [2.05, 4.69) is 15.7 Å². The van der Waals surface area contributed by atoms with Crippen molar-refractivity contribution in [2.24, 2.45) is 5.11 Å². The minimum atomic E-state index is -3.83. The summed E-state index contributed by atoms with van der Waals surface area (Å²) in [5.41, 5.74) is 9.86. The Morgan fingerprint density at radius 1 is 0.958 bits per heavy atom. The summed E-state index contributed by atoms with van der Waals surface area (Å²) in [5, 5.41) is 9.27. The van der Waals surface area contributed by atoms with Crippen LogP contribution in [0.3, 0.4) is 0 Å². The highest BCUT2D eigenvalue weighted by atomic mass is 32.2. The Labute approximate surface area is 275 Å². The van der Waals surface area contributed by atoms with E-state index in [0.29, 0.717) is 27.6 Å². The SMILES string of the molecule is CNC(=O)c1c(-c2ccc(F)cc2)oc2cc(N(C)S(C)(=O)=O)c(-c3ccc(N=N)c(C(=O)NC(COC)c4ccc(F)cc4)c3)cc12. The van der Waals surface area contributed by atoms with Gasteiger partial charge in [0.05, 0.1) is 41.4 Å². The predicted octanol–water partition coefficient (Wildman–Crippen LogP) is 6.58. The van der Waals surface area contributed by atoms with Crippen LogP contribution < -0.4 is 14.9 Å². The second-order valence-corrected chi connectivity index (χ2v) is 12.9. The van der Waals surface area contributed by atoms with Gasteiger partial charge in [-0.3, -0.25) is 13.9 Å². The fourth-order valence-electron chi connectivity index (χ4n) is 5.26. The first-order chi connectivity index (χ1) is 22.9. The maximum atomic E-state index is 13.7. The van der Waals surface area contributed by atoms with Gasteiger partial charge < -0.3 is 19.8 Å². The van der Waals surface area contributed by atoms with E-state index in [1.165, 1.54) is 87.9 Å². The zero-order valence-corrected chi connectivity index (χ0v) is 27.1. The molecule has 0 aliphatic rings. The average molecular weight is 676 g/mol. The molecule has 0 bridgehead atoms. The first-order valence-corrected chi connectivity index (χ1v) is 16.3. The summed E-state index contributed by atoms with van der Waals surface area (Å²) in [6.45, 7) is 0.0591. The number of carbonyl (C=O) groups is 2. The molecule has 3 N–H and O–H groups in total. The number of carbonyl (C=O) groups excluding carboxylic acids is 2. The van der Waals surface area contributed by atoms with Crippen LogP contribution >= 0.6 is 0 Å². The molecule has 14 heteroatoms. The number of halogens is 2. The average Bonchev–Trinajstić information content (AvgIpc) is 3.45. The van der Waals surface area contributed by atoms with Crippen molar-refractivity contribution in [1.29, 1.82) is 5.53 Å². The number of furan rings is 1. The zero-order valence-electron chi connectivity index (χ0n) is 26.3. The Kier molecular flexibility index (Phi) is 9.68. The van der Waals surface area contributed by atoms with E-state index in [0.717, 1.165) is 10.6 Å². The molecule has 0 saturated heterocycles. The van der Waals surface area contributed by atoms with Crippen LogP contribution in [0.25, 0.3) is 33.4 Å². The Morgan fingerprint density at radius 3 is 2.17 bits per heavy atom. The second-order valence-electron chi connectivity index (χ2n) is 10.9. The molecule has 11 nitrogen and oxygen atoms in total. The summed E-state index contributed by atoms with van der Waals surface area (Å²) < 4.78 is 65.4. The summed E-state index contributed by atoms with van der Waals surface area (Å²) in [4.78, 5) is 26.9. The lowest BCUT2D eigenvalue weighted by molar-refractivity contribution is 0.0896. The molecule has 0 aliphatic carbocycles. The quantitative estimate of drug-likeness (QED) is 0.134. The van der Waals surface area contributed by atoms with E-state index in [1.807, 2.05) is 0 Å². The summed E-state index contributed by atoms with van der Waals surface area (Å²) in [6.07, 6.45) is 1.02. The molecule has 48 heavy (non-hydrogen) atoms. The molecule has 1 aromatic heterocycles. The number of benzene rings is 4. The Morgan fingerprint density at radius 2 is 1.58 bits per heavy atom. The number of ether oxygens (including phenoxy) is 1. The van der Waals surface area contributed by atoms with E-state index in [1.54, 1.807) is 12.1 Å². The van der Waals surface area contributed by atoms with Crippen LogP contribution in [0, 0.1) is 17.2 Å². The van der Waals surface area contributed by atoms with Gasteiger partial charge in [-0.15, -0.1) is 0 Å². The summed E-state index contributed by atoms with van der Waals surface area (Å²) in [6, 6.07) is 17.8. The van der Waals surface area contributed by atoms with Crippen molar-refractivity contribution in [3.8, 4) is 22.5 Å². The lowest BCUT2D eigenvalue weighted by Crippen LogP contribution is -2.31. The van der Waals surface area contributed by atoms with E-state index < -0.39 is 39.5 Å². The molecule has 5 aromatic rings. The number of nitrogens with zero attached hydrogens (tertiary/aromatic N) is 2. The number of sulfonamides is 1. The fourth-order valence-corrected chi connectivity index (χ4v) is 5.77. The Bertz CT molecular complexity index is 2130. The number of anilines is 1. The Hall–Kier alpha value is -5.47. The number of amides is 2. The first kappa shape index (κ1) is 33.9. The van der Waals surface area contributed by atoms with Gasteiger partial charge in [0.2, 0.25) is 10.0 Å². The van der Waals surface area contributed by atoms with Gasteiger partial charge in [0.25, 0.3) is 11.8 Å². The highest BCUT2D eigenvalue weighted by Crippen LogP contribution is 2.42. The van der Waals surface area contributed by atoms with Gasteiger partial charge in [-0.25, -0.2) is 22.7 Å². The molecule has 5 rings (SSSR count). The third kappa shape index (κ3) is 6.80.